The van der Waals surface area contributed by atoms with Crippen LogP contribution in [0.15, 0.2) is 24.4 Å². The van der Waals surface area contributed by atoms with Gasteiger partial charge in [-0.1, -0.05) is 18.6 Å². The molecule has 0 amide bonds. The summed E-state index contributed by atoms with van der Waals surface area (Å²) in [5, 5.41) is 1.11. The minimum Gasteiger partial charge on any atom is -0.362 e. The predicted molar refractivity (Wildman–Crippen MR) is 87.8 cm³/mol. The van der Waals surface area contributed by atoms with E-state index in [4.69, 9.17) is 6.57 Å². The van der Waals surface area contributed by atoms with Gasteiger partial charge in [0.1, 0.15) is 0 Å². The molecule has 1 saturated carbocycles. The zero-order valence-corrected chi connectivity index (χ0v) is 13.1. The van der Waals surface area contributed by atoms with E-state index in [0.717, 1.165) is 29.1 Å². The van der Waals surface area contributed by atoms with Gasteiger partial charge >= 0.3 is 0 Å². The smallest absolute Gasteiger partial charge is 0.212 e. The molecule has 3 rings (SSSR count). The molecule has 0 spiro atoms. The van der Waals surface area contributed by atoms with Gasteiger partial charge in [0.05, 0.1) is 6.57 Å². The van der Waals surface area contributed by atoms with E-state index in [2.05, 4.69) is 46.6 Å². The second-order valence-corrected chi connectivity index (χ2v) is 6.57. The van der Waals surface area contributed by atoms with Crippen molar-refractivity contribution in [2.24, 2.45) is 13.0 Å². The van der Waals surface area contributed by atoms with Gasteiger partial charge in [-0.15, -0.1) is 0 Å². The van der Waals surface area contributed by atoms with Gasteiger partial charge in [0.15, 0.2) is 0 Å². The maximum Gasteiger partial charge on any atom is 0.212 e. The zero-order chi connectivity index (χ0) is 15.0. The lowest BCUT2D eigenvalue weighted by atomic mass is 9.88. The van der Waals surface area contributed by atoms with Crippen LogP contribution in [-0.2, 0) is 7.05 Å². The van der Waals surface area contributed by atoms with Crippen molar-refractivity contribution in [3.8, 4) is 0 Å². The number of aromatic nitrogens is 1. The van der Waals surface area contributed by atoms with Crippen molar-refractivity contribution < 1.29 is 0 Å². The average Bonchev–Trinajstić information content (AvgIpc) is 3.02. The second-order valence-electron chi connectivity index (χ2n) is 6.57. The molecule has 1 aliphatic rings. The topological polar surface area (TPSA) is 12.5 Å². The molecule has 3 nitrogen and oxygen atoms in total. The Morgan fingerprint density at radius 2 is 2.14 bits per heavy atom. The Morgan fingerprint density at radius 1 is 1.33 bits per heavy atom. The largest absolute Gasteiger partial charge is 0.362 e. The van der Waals surface area contributed by atoms with Crippen molar-refractivity contribution in [3.63, 3.8) is 0 Å². The molecule has 1 aromatic heterocycles. The van der Waals surface area contributed by atoms with Gasteiger partial charge in [-0.25, -0.2) is 4.85 Å². The molecule has 0 aliphatic heterocycles. The monoisotopic (exact) mass is 281 g/mol. The van der Waals surface area contributed by atoms with Crippen molar-refractivity contribution in [2.45, 2.75) is 25.2 Å². The Balaban J connectivity index is 1.99. The standard InChI is InChI=1S/C18H23N3/c1-19-17-12-21(4)18-9-8-13(10-16(17)18)15-7-5-6-14(15)11-20(2)3/h8-10,12,14-15H,5-7,11H2,2-4H3. The molecule has 110 valence electrons. The lowest BCUT2D eigenvalue weighted by Crippen LogP contribution is -2.23. The number of fused-ring (bicyclic) bond motifs is 1. The lowest BCUT2D eigenvalue weighted by Gasteiger charge is -2.23. The van der Waals surface area contributed by atoms with Crippen LogP contribution in [0, 0.1) is 12.5 Å². The summed E-state index contributed by atoms with van der Waals surface area (Å²) >= 11 is 0. The molecule has 1 heterocycles. The van der Waals surface area contributed by atoms with Gasteiger partial charge in [0.2, 0.25) is 5.69 Å². The molecular formula is C18H23N3. The Labute approximate surface area is 127 Å². The lowest BCUT2D eigenvalue weighted by molar-refractivity contribution is 0.310. The van der Waals surface area contributed by atoms with Gasteiger partial charge < -0.3 is 9.47 Å². The third kappa shape index (κ3) is 2.56. The first-order valence-corrected chi connectivity index (χ1v) is 7.71. The minimum absolute atomic E-state index is 0.649. The highest BCUT2D eigenvalue weighted by molar-refractivity contribution is 5.94. The first kappa shape index (κ1) is 14.2. The number of hydrogen-bond acceptors (Lipinski definition) is 1. The van der Waals surface area contributed by atoms with E-state index in [1.165, 1.54) is 24.8 Å². The normalized spacial score (nSPS) is 22.0. The van der Waals surface area contributed by atoms with Crippen molar-refractivity contribution in [1.82, 2.24) is 9.47 Å². The maximum absolute atomic E-state index is 7.36. The van der Waals surface area contributed by atoms with E-state index in [0.29, 0.717) is 5.92 Å². The fourth-order valence-electron chi connectivity index (χ4n) is 3.87. The summed E-state index contributed by atoms with van der Waals surface area (Å²) in [5.41, 5.74) is 3.35. The number of rotatable bonds is 3. The quantitative estimate of drug-likeness (QED) is 0.769. The average molecular weight is 281 g/mol. The zero-order valence-electron chi connectivity index (χ0n) is 13.1. The van der Waals surface area contributed by atoms with E-state index >= 15 is 0 Å². The molecule has 2 unspecified atom stereocenters. The molecule has 1 aromatic carbocycles. The minimum atomic E-state index is 0.649. The molecule has 2 aromatic rings. The molecule has 0 bridgehead atoms. The number of benzene rings is 1. The van der Waals surface area contributed by atoms with E-state index < -0.39 is 0 Å². The molecule has 0 radical (unpaired) electrons. The van der Waals surface area contributed by atoms with E-state index in [9.17, 15) is 0 Å². The van der Waals surface area contributed by atoms with E-state index in [1.54, 1.807) is 0 Å². The SMILES string of the molecule is [C-]#[N+]c1cn(C)c2ccc(C3CCCC3CN(C)C)cc12. The highest BCUT2D eigenvalue weighted by atomic mass is 15.1. The summed E-state index contributed by atoms with van der Waals surface area (Å²) in [7, 11) is 6.33. The van der Waals surface area contributed by atoms with Crippen LogP contribution in [0.3, 0.4) is 0 Å². The Morgan fingerprint density at radius 3 is 2.86 bits per heavy atom. The summed E-state index contributed by atoms with van der Waals surface area (Å²) in [6, 6.07) is 6.72. The summed E-state index contributed by atoms with van der Waals surface area (Å²) in [6.07, 6.45) is 5.87. The molecule has 2 atom stereocenters. The van der Waals surface area contributed by atoms with Crippen LogP contribution < -0.4 is 0 Å². The van der Waals surface area contributed by atoms with Crippen molar-refractivity contribution in [3.05, 3.63) is 41.4 Å². The maximum atomic E-state index is 7.36. The van der Waals surface area contributed by atoms with Gasteiger partial charge in [-0.3, -0.25) is 0 Å². The summed E-state index contributed by atoms with van der Waals surface area (Å²) in [5.74, 6) is 1.40. The molecule has 1 aliphatic carbocycles. The molecule has 0 saturated heterocycles. The van der Waals surface area contributed by atoms with Crippen molar-refractivity contribution >= 4 is 16.6 Å². The van der Waals surface area contributed by atoms with Crippen LogP contribution in [0.25, 0.3) is 15.7 Å². The molecular weight excluding hydrogens is 258 g/mol. The third-order valence-electron chi connectivity index (χ3n) is 4.80. The predicted octanol–water partition coefficient (Wildman–Crippen LogP) is 4.17. The van der Waals surface area contributed by atoms with E-state index in [-0.39, 0.29) is 0 Å². The number of hydrogen-bond donors (Lipinski definition) is 0. The third-order valence-corrected chi connectivity index (χ3v) is 4.80. The highest BCUT2D eigenvalue weighted by Crippen LogP contribution is 2.41. The van der Waals surface area contributed by atoms with Crippen LogP contribution in [0.5, 0.6) is 0 Å². The molecule has 21 heavy (non-hydrogen) atoms. The van der Waals surface area contributed by atoms with Crippen LogP contribution in [0.2, 0.25) is 0 Å². The fraction of sp³-hybridized carbons (Fsp3) is 0.500. The summed E-state index contributed by atoms with van der Waals surface area (Å²) < 4.78 is 2.05. The van der Waals surface area contributed by atoms with Crippen LogP contribution in [0.4, 0.5) is 5.69 Å². The van der Waals surface area contributed by atoms with Gasteiger partial charge in [0, 0.05) is 30.7 Å². The first-order valence-electron chi connectivity index (χ1n) is 7.71. The molecule has 3 heteroatoms. The van der Waals surface area contributed by atoms with Crippen molar-refractivity contribution in [2.75, 3.05) is 20.6 Å². The van der Waals surface area contributed by atoms with Crippen LogP contribution >= 0.6 is 0 Å². The second kappa shape index (κ2) is 5.54. The first-order chi connectivity index (χ1) is 10.1. The molecule has 1 fully saturated rings. The Bertz CT molecular complexity index is 690. The number of aryl methyl sites for hydroxylation is 1. The van der Waals surface area contributed by atoms with E-state index in [1.807, 2.05) is 13.2 Å². The van der Waals surface area contributed by atoms with Gasteiger partial charge in [0.25, 0.3) is 0 Å². The highest BCUT2D eigenvalue weighted by Gasteiger charge is 2.29. The van der Waals surface area contributed by atoms with Crippen LogP contribution in [0.1, 0.15) is 30.7 Å². The van der Waals surface area contributed by atoms with Gasteiger partial charge in [-0.05, 0) is 50.4 Å². The van der Waals surface area contributed by atoms with Crippen molar-refractivity contribution in [1.29, 1.82) is 0 Å². The van der Waals surface area contributed by atoms with Crippen LogP contribution in [-0.4, -0.2) is 30.1 Å². The summed E-state index contributed by atoms with van der Waals surface area (Å²) in [6.45, 7) is 8.52. The summed E-state index contributed by atoms with van der Waals surface area (Å²) in [4.78, 5) is 5.98. The fourth-order valence-corrected chi connectivity index (χ4v) is 3.87. The Hall–Kier alpha value is -1.79. The number of nitrogens with zero attached hydrogens (tertiary/aromatic N) is 3. The Kier molecular flexibility index (Phi) is 3.73. The molecule has 0 N–H and O–H groups in total. The van der Waals surface area contributed by atoms with Gasteiger partial charge in [-0.2, -0.15) is 0 Å².